The summed E-state index contributed by atoms with van der Waals surface area (Å²) < 4.78 is 7.71. The summed E-state index contributed by atoms with van der Waals surface area (Å²) in [5.74, 6) is 0.638. The van der Waals surface area contributed by atoms with E-state index in [0.29, 0.717) is 24.3 Å². The van der Waals surface area contributed by atoms with Crippen LogP contribution in [-0.4, -0.2) is 28.5 Å². The van der Waals surface area contributed by atoms with Crippen molar-refractivity contribution in [3.63, 3.8) is 0 Å². The molecular formula is C29H29N3O3. The van der Waals surface area contributed by atoms with Gasteiger partial charge in [-0.1, -0.05) is 42.5 Å². The Morgan fingerprint density at radius 1 is 0.886 bits per heavy atom. The normalized spacial score (nSPS) is 10.7. The number of carbonyl (C=O) groups is 2. The molecule has 1 N–H and O–H groups in total. The average Bonchev–Trinajstić information content (AvgIpc) is 3.15. The lowest BCUT2D eigenvalue weighted by molar-refractivity contribution is 0.0961. The summed E-state index contributed by atoms with van der Waals surface area (Å²) in [6, 6.07) is 24.7. The van der Waals surface area contributed by atoms with Crippen LogP contribution in [0.5, 0.6) is 5.75 Å². The Bertz CT molecular complexity index is 1330. The first-order chi connectivity index (χ1) is 16.9. The van der Waals surface area contributed by atoms with Gasteiger partial charge < -0.3 is 10.1 Å². The van der Waals surface area contributed by atoms with Crippen molar-refractivity contribution in [1.82, 2.24) is 15.1 Å². The van der Waals surface area contributed by atoms with Crippen LogP contribution in [0.15, 0.2) is 78.9 Å². The first-order valence-corrected chi connectivity index (χ1v) is 11.6. The van der Waals surface area contributed by atoms with E-state index in [9.17, 15) is 9.59 Å². The molecule has 1 aromatic heterocycles. The van der Waals surface area contributed by atoms with Crippen LogP contribution in [0, 0.1) is 13.8 Å². The monoisotopic (exact) mass is 467 g/mol. The Labute approximate surface area is 205 Å². The molecule has 0 aliphatic carbocycles. The number of nitrogens with zero attached hydrogens (tertiary/aromatic N) is 2. The molecule has 0 fully saturated rings. The fourth-order valence-electron chi connectivity index (χ4n) is 4.01. The maximum Gasteiger partial charge on any atom is 0.251 e. The van der Waals surface area contributed by atoms with E-state index >= 15 is 0 Å². The fraction of sp³-hybridized carbons (Fsp3) is 0.207. The van der Waals surface area contributed by atoms with Crippen LogP contribution in [0.4, 0.5) is 0 Å². The molecule has 0 aliphatic heterocycles. The van der Waals surface area contributed by atoms with Crippen LogP contribution < -0.4 is 10.1 Å². The quantitative estimate of drug-likeness (QED) is 0.355. The summed E-state index contributed by atoms with van der Waals surface area (Å²) in [6.07, 6.45) is 0.278. The van der Waals surface area contributed by atoms with Crippen LogP contribution >= 0.6 is 0 Å². The van der Waals surface area contributed by atoms with Crippen molar-refractivity contribution in [3.8, 4) is 5.75 Å². The van der Waals surface area contributed by atoms with Gasteiger partial charge >= 0.3 is 0 Å². The average molecular weight is 468 g/mol. The fourth-order valence-corrected chi connectivity index (χ4v) is 4.01. The number of hydrogen-bond acceptors (Lipinski definition) is 4. The van der Waals surface area contributed by atoms with Crippen molar-refractivity contribution < 1.29 is 14.3 Å². The molecule has 0 spiro atoms. The number of aryl methyl sites for hydroxylation is 1. The first kappa shape index (κ1) is 24.0. The van der Waals surface area contributed by atoms with Gasteiger partial charge in [-0.2, -0.15) is 5.10 Å². The predicted octanol–water partition coefficient (Wildman–Crippen LogP) is 4.91. The highest BCUT2D eigenvalue weighted by molar-refractivity contribution is 5.97. The third-order valence-electron chi connectivity index (χ3n) is 6.04. The Hall–Kier alpha value is -4.19. The van der Waals surface area contributed by atoms with Crippen LogP contribution in [-0.2, 0) is 19.6 Å². The lowest BCUT2D eigenvalue weighted by atomic mass is 10.0. The van der Waals surface area contributed by atoms with Crippen LogP contribution in [0.25, 0.3) is 0 Å². The van der Waals surface area contributed by atoms with E-state index in [0.717, 1.165) is 33.8 Å². The zero-order valence-electron chi connectivity index (χ0n) is 20.2. The number of amides is 1. The van der Waals surface area contributed by atoms with Crippen LogP contribution in [0.3, 0.4) is 0 Å². The van der Waals surface area contributed by atoms with Crippen molar-refractivity contribution in [1.29, 1.82) is 0 Å². The van der Waals surface area contributed by atoms with E-state index < -0.39 is 0 Å². The van der Waals surface area contributed by atoms with Gasteiger partial charge in [-0.25, -0.2) is 0 Å². The summed E-state index contributed by atoms with van der Waals surface area (Å²) >= 11 is 0. The van der Waals surface area contributed by atoms with Crippen LogP contribution in [0.2, 0.25) is 0 Å². The number of benzene rings is 3. The minimum atomic E-state index is -0.122. The number of nitrogens with one attached hydrogen (secondary N) is 1. The van der Waals surface area contributed by atoms with Gasteiger partial charge in [0.15, 0.2) is 5.78 Å². The van der Waals surface area contributed by atoms with E-state index in [-0.39, 0.29) is 18.1 Å². The SMILES string of the molecule is CNC(=O)c1cccc(Cn2nc(C)c(CC(=O)c3ccc(OCc4ccccc4)cc3)c2C)c1. The van der Waals surface area contributed by atoms with Gasteiger partial charge in [0.2, 0.25) is 0 Å². The molecule has 0 aliphatic rings. The Balaban J connectivity index is 1.42. The van der Waals surface area contributed by atoms with Crippen molar-refractivity contribution >= 4 is 11.7 Å². The number of rotatable bonds is 9. The number of ketones is 1. The molecule has 6 nitrogen and oxygen atoms in total. The summed E-state index contributed by atoms with van der Waals surface area (Å²) in [5.41, 5.74) is 6.03. The van der Waals surface area contributed by atoms with Gasteiger partial charge in [0.05, 0.1) is 12.2 Å². The van der Waals surface area contributed by atoms with Crippen LogP contribution in [0.1, 0.15) is 48.8 Å². The highest BCUT2D eigenvalue weighted by Crippen LogP contribution is 2.20. The second-order valence-corrected chi connectivity index (χ2v) is 8.49. The van der Waals surface area contributed by atoms with E-state index in [4.69, 9.17) is 4.74 Å². The molecule has 0 bridgehead atoms. The summed E-state index contributed by atoms with van der Waals surface area (Å²) in [6.45, 7) is 4.91. The van der Waals surface area contributed by atoms with Crippen molar-refractivity contribution in [2.75, 3.05) is 7.05 Å². The molecule has 0 atom stereocenters. The number of ether oxygens (including phenoxy) is 1. The maximum atomic E-state index is 13.0. The Morgan fingerprint density at radius 2 is 1.60 bits per heavy atom. The molecule has 4 rings (SSSR count). The molecule has 3 aromatic carbocycles. The lowest BCUT2D eigenvalue weighted by Gasteiger charge is -2.08. The highest BCUT2D eigenvalue weighted by atomic mass is 16.5. The minimum Gasteiger partial charge on any atom is -0.489 e. The van der Waals surface area contributed by atoms with Gasteiger partial charge in [-0.05, 0) is 61.4 Å². The summed E-state index contributed by atoms with van der Waals surface area (Å²) in [7, 11) is 1.62. The second-order valence-electron chi connectivity index (χ2n) is 8.49. The molecule has 35 heavy (non-hydrogen) atoms. The summed E-state index contributed by atoms with van der Waals surface area (Å²) in [4.78, 5) is 25.0. The number of carbonyl (C=O) groups excluding carboxylic acids is 2. The standard InChI is InChI=1S/C29H29N3O3/c1-20-27(21(2)32(31-20)18-23-10-7-11-25(16-23)29(34)30-3)17-28(33)24-12-14-26(15-13-24)35-19-22-8-5-4-6-9-22/h4-16H,17-19H2,1-3H3,(H,30,34). The zero-order chi connectivity index (χ0) is 24.8. The summed E-state index contributed by atoms with van der Waals surface area (Å²) in [5, 5.41) is 7.30. The van der Waals surface area contributed by atoms with Gasteiger partial charge in [-0.3, -0.25) is 14.3 Å². The Kier molecular flexibility index (Phi) is 7.41. The number of aromatic nitrogens is 2. The molecule has 178 valence electrons. The number of hydrogen-bond donors (Lipinski definition) is 1. The molecule has 1 heterocycles. The van der Waals surface area contributed by atoms with Gasteiger partial charge in [0.1, 0.15) is 12.4 Å². The van der Waals surface area contributed by atoms with E-state index in [1.54, 1.807) is 13.1 Å². The van der Waals surface area contributed by atoms with E-state index in [2.05, 4.69) is 10.4 Å². The molecule has 6 heteroatoms. The molecular weight excluding hydrogens is 438 g/mol. The molecule has 0 saturated carbocycles. The van der Waals surface area contributed by atoms with E-state index in [1.807, 2.05) is 91.3 Å². The minimum absolute atomic E-state index is 0.0342. The first-order valence-electron chi connectivity index (χ1n) is 11.6. The zero-order valence-corrected chi connectivity index (χ0v) is 20.2. The number of Topliss-reactive ketones (excluding diaryl/α,β-unsaturated/α-hetero) is 1. The van der Waals surface area contributed by atoms with Gasteiger partial charge in [-0.15, -0.1) is 0 Å². The predicted molar refractivity (Wildman–Crippen MR) is 136 cm³/mol. The van der Waals surface area contributed by atoms with Crippen molar-refractivity contribution in [2.24, 2.45) is 0 Å². The lowest BCUT2D eigenvalue weighted by Crippen LogP contribution is -2.18. The molecule has 4 aromatic rings. The Morgan fingerprint density at radius 3 is 2.31 bits per heavy atom. The van der Waals surface area contributed by atoms with Gasteiger partial charge in [0.25, 0.3) is 5.91 Å². The van der Waals surface area contributed by atoms with Gasteiger partial charge in [0, 0.05) is 35.9 Å². The highest BCUT2D eigenvalue weighted by Gasteiger charge is 2.17. The smallest absolute Gasteiger partial charge is 0.251 e. The van der Waals surface area contributed by atoms with Crippen molar-refractivity contribution in [3.05, 3.63) is 118 Å². The maximum absolute atomic E-state index is 13.0. The molecule has 0 radical (unpaired) electrons. The van der Waals surface area contributed by atoms with E-state index in [1.165, 1.54) is 0 Å². The molecule has 0 saturated heterocycles. The largest absolute Gasteiger partial charge is 0.489 e. The third-order valence-corrected chi connectivity index (χ3v) is 6.04. The topological polar surface area (TPSA) is 73.2 Å². The van der Waals surface area contributed by atoms with Crippen molar-refractivity contribution in [2.45, 2.75) is 33.4 Å². The second kappa shape index (κ2) is 10.8. The molecule has 1 amide bonds. The molecule has 0 unspecified atom stereocenters. The third kappa shape index (κ3) is 5.84.